The molecule has 1 aromatic rings. The van der Waals surface area contributed by atoms with Crippen molar-refractivity contribution in [2.24, 2.45) is 0 Å². The lowest BCUT2D eigenvalue weighted by Gasteiger charge is -2.16. The van der Waals surface area contributed by atoms with Crippen molar-refractivity contribution in [1.82, 2.24) is 0 Å². The average molecular weight is 279 g/mol. The van der Waals surface area contributed by atoms with Crippen LogP contribution >= 0.6 is 34.8 Å². The molecule has 1 N–H and O–H groups in total. The maximum Gasteiger partial charge on any atom is 0.293 e. The molecule has 1 aromatic carbocycles. The van der Waals surface area contributed by atoms with Crippen molar-refractivity contribution in [3.05, 3.63) is 39.0 Å². The number of nitrogens with zero attached hydrogens (tertiary/aromatic N) is 1. The first-order valence-corrected chi connectivity index (χ1v) is 5.49. The summed E-state index contributed by atoms with van der Waals surface area (Å²) >= 11 is 17.5. The van der Waals surface area contributed by atoms with Crippen LogP contribution in [-0.4, -0.2) is 17.6 Å². The summed E-state index contributed by atoms with van der Waals surface area (Å²) in [4.78, 5) is 12.9. The Morgan fingerprint density at radius 2 is 1.75 bits per heavy atom. The van der Waals surface area contributed by atoms with Gasteiger partial charge < -0.3 is 10.0 Å². The number of rotatable bonds is 1. The molecular weight excluding hydrogens is 272 g/mol. The molecule has 6 heteroatoms. The van der Waals surface area contributed by atoms with Crippen LogP contribution < -0.4 is 4.90 Å². The van der Waals surface area contributed by atoms with Crippen LogP contribution in [0.1, 0.15) is 0 Å². The van der Waals surface area contributed by atoms with Gasteiger partial charge in [0, 0.05) is 12.2 Å². The lowest BCUT2D eigenvalue weighted by Crippen LogP contribution is -2.26. The van der Waals surface area contributed by atoms with Crippen LogP contribution in [0.15, 0.2) is 24.0 Å². The average Bonchev–Trinajstić information content (AvgIpc) is 2.56. The van der Waals surface area contributed by atoms with Crippen molar-refractivity contribution in [2.45, 2.75) is 0 Å². The van der Waals surface area contributed by atoms with E-state index < -0.39 is 5.91 Å². The van der Waals surface area contributed by atoms with Gasteiger partial charge in [0.25, 0.3) is 5.91 Å². The van der Waals surface area contributed by atoms with Crippen LogP contribution in [0, 0.1) is 0 Å². The highest BCUT2D eigenvalue weighted by Gasteiger charge is 2.25. The number of aliphatic hydroxyl groups excluding tert-OH is 1. The molecule has 84 valence electrons. The largest absolute Gasteiger partial charge is 0.503 e. The molecule has 0 saturated heterocycles. The standard InChI is InChI=1S/C10H6Cl3NO2/c11-6-3-5(4-7(12)9(6)13)14-2-1-8(15)10(14)16/h1,3-4,15H,2H2. The van der Waals surface area contributed by atoms with Gasteiger partial charge in [0.15, 0.2) is 5.76 Å². The number of hydrogen-bond donors (Lipinski definition) is 1. The Morgan fingerprint density at radius 3 is 2.19 bits per heavy atom. The fraction of sp³-hybridized carbons (Fsp3) is 0.100. The third-order valence-electron chi connectivity index (χ3n) is 2.21. The van der Waals surface area contributed by atoms with Gasteiger partial charge in [-0.25, -0.2) is 0 Å². The highest BCUT2D eigenvalue weighted by molar-refractivity contribution is 6.48. The van der Waals surface area contributed by atoms with Gasteiger partial charge in [-0.1, -0.05) is 34.8 Å². The van der Waals surface area contributed by atoms with Gasteiger partial charge in [-0.3, -0.25) is 4.79 Å². The van der Waals surface area contributed by atoms with Gasteiger partial charge in [-0.15, -0.1) is 0 Å². The van der Waals surface area contributed by atoms with Crippen molar-refractivity contribution >= 4 is 46.4 Å². The summed E-state index contributed by atoms with van der Waals surface area (Å²) in [5.74, 6) is -0.753. The number of aliphatic hydroxyl groups is 1. The second kappa shape index (κ2) is 4.17. The van der Waals surface area contributed by atoms with Crippen LogP contribution in [0.4, 0.5) is 5.69 Å². The van der Waals surface area contributed by atoms with Crippen molar-refractivity contribution in [3.63, 3.8) is 0 Å². The zero-order chi connectivity index (χ0) is 11.9. The molecule has 0 atom stereocenters. The summed E-state index contributed by atoms with van der Waals surface area (Å²) in [6, 6.07) is 3.06. The monoisotopic (exact) mass is 277 g/mol. The molecule has 0 fully saturated rings. The number of halogens is 3. The highest BCUT2D eigenvalue weighted by Crippen LogP contribution is 2.35. The Morgan fingerprint density at radius 1 is 1.19 bits per heavy atom. The first-order chi connectivity index (χ1) is 7.50. The summed E-state index contributed by atoms with van der Waals surface area (Å²) in [7, 11) is 0. The quantitative estimate of drug-likeness (QED) is 0.800. The molecule has 0 aliphatic carbocycles. The van der Waals surface area contributed by atoms with E-state index >= 15 is 0 Å². The second-order valence-electron chi connectivity index (χ2n) is 3.23. The smallest absolute Gasteiger partial charge is 0.293 e. The van der Waals surface area contributed by atoms with Gasteiger partial charge in [-0.05, 0) is 18.2 Å². The molecule has 0 bridgehead atoms. The van der Waals surface area contributed by atoms with Crippen molar-refractivity contribution in [1.29, 1.82) is 0 Å². The van der Waals surface area contributed by atoms with Gasteiger partial charge in [0.1, 0.15) is 0 Å². The van der Waals surface area contributed by atoms with E-state index in [1.165, 1.54) is 23.1 Å². The first-order valence-electron chi connectivity index (χ1n) is 4.36. The molecule has 1 amide bonds. The minimum Gasteiger partial charge on any atom is -0.503 e. The Balaban J connectivity index is 2.40. The first kappa shape index (κ1) is 11.6. The van der Waals surface area contributed by atoms with E-state index in [1.54, 1.807) is 0 Å². The maximum atomic E-state index is 11.5. The van der Waals surface area contributed by atoms with Crippen molar-refractivity contribution < 1.29 is 9.90 Å². The van der Waals surface area contributed by atoms with Gasteiger partial charge in [0.2, 0.25) is 0 Å². The second-order valence-corrected chi connectivity index (χ2v) is 4.42. The van der Waals surface area contributed by atoms with Gasteiger partial charge in [-0.2, -0.15) is 0 Å². The molecule has 0 unspecified atom stereocenters. The zero-order valence-corrected chi connectivity index (χ0v) is 10.1. The molecular formula is C10H6Cl3NO2. The Kier molecular flexibility index (Phi) is 3.02. The van der Waals surface area contributed by atoms with Crippen LogP contribution in [0.25, 0.3) is 0 Å². The summed E-state index contributed by atoms with van der Waals surface area (Å²) in [6.07, 6.45) is 1.42. The number of carbonyl (C=O) groups excluding carboxylic acids is 1. The van der Waals surface area contributed by atoms with Crippen LogP contribution in [0.3, 0.4) is 0 Å². The molecule has 3 nitrogen and oxygen atoms in total. The minimum atomic E-state index is -0.477. The Labute approximate surface area is 107 Å². The summed E-state index contributed by atoms with van der Waals surface area (Å²) in [5.41, 5.74) is 0.504. The highest BCUT2D eigenvalue weighted by atomic mass is 35.5. The predicted molar refractivity (Wildman–Crippen MR) is 64.5 cm³/mol. The topological polar surface area (TPSA) is 40.5 Å². The van der Waals surface area contributed by atoms with Crippen LogP contribution in [0.2, 0.25) is 15.1 Å². The molecule has 1 aliphatic rings. The third-order valence-corrected chi connectivity index (χ3v) is 3.41. The number of benzene rings is 1. The summed E-state index contributed by atoms with van der Waals surface area (Å²) < 4.78 is 0. The Hall–Kier alpha value is -0.900. The molecule has 0 saturated carbocycles. The summed E-state index contributed by atoms with van der Waals surface area (Å²) in [5, 5.41) is 9.98. The fourth-order valence-corrected chi connectivity index (χ4v) is 1.99. The molecule has 1 heterocycles. The normalized spacial score (nSPS) is 15.6. The van der Waals surface area contributed by atoms with E-state index in [2.05, 4.69) is 0 Å². The molecule has 2 rings (SSSR count). The van der Waals surface area contributed by atoms with E-state index in [9.17, 15) is 9.90 Å². The zero-order valence-electron chi connectivity index (χ0n) is 7.88. The number of anilines is 1. The summed E-state index contributed by atoms with van der Waals surface area (Å²) in [6.45, 7) is 0.291. The van der Waals surface area contributed by atoms with E-state index in [0.29, 0.717) is 12.2 Å². The fourth-order valence-electron chi connectivity index (χ4n) is 1.41. The lowest BCUT2D eigenvalue weighted by atomic mass is 10.3. The Bertz CT molecular complexity index is 476. The molecule has 0 radical (unpaired) electrons. The van der Waals surface area contributed by atoms with Gasteiger partial charge in [0.05, 0.1) is 15.1 Å². The van der Waals surface area contributed by atoms with Gasteiger partial charge >= 0.3 is 0 Å². The molecule has 1 aliphatic heterocycles. The number of carbonyl (C=O) groups is 1. The van der Waals surface area contributed by atoms with Crippen molar-refractivity contribution in [2.75, 3.05) is 11.4 Å². The lowest BCUT2D eigenvalue weighted by molar-refractivity contribution is -0.116. The molecule has 0 spiro atoms. The van der Waals surface area contributed by atoms with E-state index in [-0.39, 0.29) is 20.8 Å². The minimum absolute atomic E-state index is 0.246. The van der Waals surface area contributed by atoms with E-state index in [4.69, 9.17) is 34.8 Å². The predicted octanol–water partition coefficient (Wildman–Crippen LogP) is 3.44. The maximum absolute atomic E-state index is 11.5. The SMILES string of the molecule is O=C1C(O)=CCN1c1cc(Cl)c(Cl)c(Cl)c1. The number of hydrogen-bond acceptors (Lipinski definition) is 2. The van der Waals surface area contributed by atoms with Crippen LogP contribution in [-0.2, 0) is 4.79 Å². The van der Waals surface area contributed by atoms with E-state index in [1.807, 2.05) is 0 Å². The number of amides is 1. The molecule has 0 aromatic heterocycles. The van der Waals surface area contributed by atoms with E-state index in [0.717, 1.165) is 0 Å². The van der Waals surface area contributed by atoms with Crippen molar-refractivity contribution in [3.8, 4) is 0 Å². The third kappa shape index (κ3) is 1.86. The van der Waals surface area contributed by atoms with Crippen LogP contribution in [0.5, 0.6) is 0 Å². The molecule has 16 heavy (non-hydrogen) atoms.